The maximum absolute atomic E-state index is 14.4. The van der Waals surface area contributed by atoms with E-state index < -0.39 is 11.7 Å². The maximum Gasteiger partial charge on any atom is 0.270 e. The fraction of sp³-hybridized carbons (Fsp3) is 0.389. The monoisotopic (exact) mass is 373 g/mol. The smallest absolute Gasteiger partial charge is 0.270 e. The predicted molar refractivity (Wildman–Crippen MR) is 101 cm³/mol. The van der Waals surface area contributed by atoms with Gasteiger partial charge < -0.3 is 14.6 Å². The van der Waals surface area contributed by atoms with Gasteiger partial charge >= 0.3 is 0 Å². The van der Waals surface area contributed by atoms with Gasteiger partial charge in [-0.1, -0.05) is 6.92 Å². The average molecular weight is 373 g/mol. The van der Waals surface area contributed by atoms with Crippen LogP contribution in [-0.4, -0.2) is 33.4 Å². The Bertz CT molecular complexity index is 966. The topological polar surface area (TPSA) is 62.5 Å². The van der Waals surface area contributed by atoms with E-state index in [-0.39, 0.29) is 4.88 Å². The van der Waals surface area contributed by atoms with Gasteiger partial charge in [0.1, 0.15) is 16.5 Å². The minimum atomic E-state index is -0.486. The van der Waals surface area contributed by atoms with E-state index in [4.69, 9.17) is 0 Å². The van der Waals surface area contributed by atoms with E-state index in [0.29, 0.717) is 17.4 Å². The molecule has 3 aromatic rings. The molecule has 1 saturated heterocycles. The summed E-state index contributed by atoms with van der Waals surface area (Å²) < 4.78 is 16.1. The van der Waals surface area contributed by atoms with E-state index in [1.165, 1.54) is 23.8 Å². The number of aryl methyl sites for hydroxylation is 1. The number of nitrogens with one attached hydrogen (secondary N) is 1. The van der Waals surface area contributed by atoms with Crippen molar-refractivity contribution in [2.45, 2.75) is 26.7 Å². The molecule has 0 radical (unpaired) electrons. The zero-order valence-electron chi connectivity index (χ0n) is 14.7. The zero-order valence-corrected chi connectivity index (χ0v) is 15.5. The van der Waals surface area contributed by atoms with Crippen molar-refractivity contribution in [2.75, 3.05) is 23.3 Å². The molecule has 3 aromatic heterocycles. The lowest BCUT2D eigenvalue weighted by Crippen LogP contribution is -2.33. The van der Waals surface area contributed by atoms with E-state index in [0.717, 1.165) is 30.2 Å². The number of thiophene rings is 1. The van der Waals surface area contributed by atoms with E-state index in [9.17, 15) is 9.18 Å². The van der Waals surface area contributed by atoms with Crippen LogP contribution in [-0.2, 0) is 0 Å². The van der Waals surface area contributed by atoms with Gasteiger partial charge in [-0.2, -0.15) is 0 Å². The number of amides is 1. The van der Waals surface area contributed by atoms with E-state index in [1.54, 1.807) is 16.8 Å². The number of hydrogen-bond acceptors (Lipinski definition) is 5. The van der Waals surface area contributed by atoms with Crippen LogP contribution in [0.25, 0.3) is 5.65 Å². The third kappa shape index (κ3) is 3.29. The molecule has 4 rings (SSSR count). The Kier molecular flexibility index (Phi) is 4.36. The van der Waals surface area contributed by atoms with Crippen LogP contribution < -0.4 is 10.2 Å². The second kappa shape index (κ2) is 6.68. The van der Waals surface area contributed by atoms with Gasteiger partial charge in [-0.15, -0.1) is 11.3 Å². The summed E-state index contributed by atoms with van der Waals surface area (Å²) in [5, 5.41) is 3.49. The fourth-order valence-corrected chi connectivity index (χ4v) is 4.29. The Morgan fingerprint density at radius 3 is 3.08 bits per heavy atom. The molecule has 1 N–H and O–H groups in total. The molecule has 1 atom stereocenters. The van der Waals surface area contributed by atoms with Gasteiger partial charge in [0.25, 0.3) is 5.91 Å². The number of carbonyl (C=O) groups is 1. The van der Waals surface area contributed by atoms with Crippen LogP contribution in [0.3, 0.4) is 0 Å². The molecule has 0 aromatic carbocycles. The number of fused-ring (bicyclic) bond motifs is 1. The first-order valence-corrected chi connectivity index (χ1v) is 9.48. The summed E-state index contributed by atoms with van der Waals surface area (Å²) in [5.74, 6) is -0.0191. The molecule has 8 heteroatoms. The number of hydrogen-bond donors (Lipinski definition) is 1. The van der Waals surface area contributed by atoms with Gasteiger partial charge in [-0.25, -0.2) is 14.4 Å². The highest BCUT2D eigenvalue weighted by Gasteiger charge is 2.23. The van der Waals surface area contributed by atoms with Crippen molar-refractivity contribution < 1.29 is 9.18 Å². The van der Waals surface area contributed by atoms with Crippen LogP contribution in [0.5, 0.6) is 0 Å². The summed E-state index contributed by atoms with van der Waals surface area (Å²) in [7, 11) is 0. The number of anilines is 2. The number of piperidine rings is 1. The van der Waals surface area contributed by atoms with Crippen molar-refractivity contribution in [3.05, 3.63) is 41.0 Å². The van der Waals surface area contributed by atoms with Crippen molar-refractivity contribution in [3.63, 3.8) is 0 Å². The lowest BCUT2D eigenvalue weighted by atomic mass is 10.0. The predicted octanol–water partition coefficient (Wildman–Crippen LogP) is 3.73. The average Bonchev–Trinajstić information content (AvgIpc) is 3.16. The highest BCUT2D eigenvalue weighted by Crippen LogP contribution is 2.32. The quantitative estimate of drug-likeness (QED) is 0.760. The second-order valence-corrected chi connectivity index (χ2v) is 7.86. The molecule has 0 saturated carbocycles. The van der Waals surface area contributed by atoms with Crippen LogP contribution >= 0.6 is 11.3 Å². The fourth-order valence-electron chi connectivity index (χ4n) is 3.32. The Morgan fingerprint density at radius 2 is 2.27 bits per heavy atom. The molecule has 1 fully saturated rings. The number of imidazole rings is 1. The summed E-state index contributed by atoms with van der Waals surface area (Å²) in [6.45, 7) is 5.89. The first kappa shape index (κ1) is 17.0. The molecule has 1 unspecified atom stereocenters. The van der Waals surface area contributed by atoms with Crippen molar-refractivity contribution in [1.82, 2.24) is 14.4 Å². The normalized spacial score (nSPS) is 17.7. The SMILES string of the molecule is Cc1cn2cc(NC(=O)c3sc(N4CCCC(C)C4)cc3F)ncc2n1. The van der Waals surface area contributed by atoms with Gasteiger partial charge in [0.15, 0.2) is 5.65 Å². The van der Waals surface area contributed by atoms with E-state index >= 15 is 0 Å². The summed E-state index contributed by atoms with van der Waals surface area (Å²) in [5.41, 5.74) is 1.56. The molecule has 26 heavy (non-hydrogen) atoms. The summed E-state index contributed by atoms with van der Waals surface area (Å²) in [4.78, 5) is 23.2. The molecule has 4 heterocycles. The summed E-state index contributed by atoms with van der Waals surface area (Å²) >= 11 is 1.20. The molecule has 0 aliphatic carbocycles. The molecule has 1 aliphatic heterocycles. The van der Waals surface area contributed by atoms with Gasteiger partial charge in [-0.05, 0) is 25.7 Å². The third-order valence-electron chi connectivity index (χ3n) is 4.55. The van der Waals surface area contributed by atoms with Crippen LogP contribution in [0.1, 0.15) is 35.1 Å². The van der Waals surface area contributed by atoms with Crippen LogP contribution in [0.15, 0.2) is 24.7 Å². The first-order chi connectivity index (χ1) is 12.5. The van der Waals surface area contributed by atoms with E-state index in [2.05, 4.69) is 27.1 Å². The lowest BCUT2D eigenvalue weighted by Gasteiger charge is -2.31. The molecule has 6 nitrogen and oxygen atoms in total. The first-order valence-electron chi connectivity index (χ1n) is 8.66. The Balaban J connectivity index is 1.53. The highest BCUT2D eigenvalue weighted by atomic mass is 32.1. The molecule has 1 aliphatic rings. The Labute approximate surface area is 154 Å². The van der Waals surface area contributed by atoms with E-state index in [1.807, 2.05) is 13.1 Å². The number of nitrogens with zero attached hydrogens (tertiary/aromatic N) is 4. The molecule has 0 bridgehead atoms. The van der Waals surface area contributed by atoms with Crippen molar-refractivity contribution in [3.8, 4) is 0 Å². The van der Waals surface area contributed by atoms with Gasteiger partial charge in [0, 0.05) is 25.4 Å². The Hall–Kier alpha value is -2.48. The third-order valence-corrected chi connectivity index (χ3v) is 5.72. The zero-order chi connectivity index (χ0) is 18.3. The Morgan fingerprint density at radius 1 is 1.42 bits per heavy atom. The van der Waals surface area contributed by atoms with Gasteiger partial charge in [0.05, 0.1) is 23.1 Å². The van der Waals surface area contributed by atoms with Gasteiger partial charge in [-0.3, -0.25) is 4.79 Å². The van der Waals surface area contributed by atoms with Crippen molar-refractivity contribution in [1.29, 1.82) is 0 Å². The van der Waals surface area contributed by atoms with Gasteiger partial charge in [0.2, 0.25) is 0 Å². The maximum atomic E-state index is 14.4. The van der Waals surface area contributed by atoms with Crippen LogP contribution in [0, 0.1) is 18.7 Å². The summed E-state index contributed by atoms with van der Waals surface area (Å²) in [6.07, 6.45) is 7.38. The summed E-state index contributed by atoms with van der Waals surface area (Å²) in [6, 6.07) is 1.47. The standard InChI is InChI=1S/C18H20FN5OS/c1-11-4-3-5-23(8-11)16-6-13(19)17(26-16)18(25)22-14-10-24-9-12(2)21-15(24)7-20-14/h6-7,9-11H,3-5,8H2,1-2H3,(H,22,25). The highest BCUT2D eigenvalue weighted by molar-refractivity contribution is 7.18. The van der Waals surface area contributed by atoms with Crippen LogP contribution in [0.4, 0.5) is 15.2 Å². The number of halogens is 1. The molecular weight excluding hydrogens is 353 g/mol. The van der Waals surface area contributed by atoms with Crippen molar-refractivity contribution >= 4 is 33.7 Å². The number of aromatic nitrogens is 3. The molecule has 1 amide bonds. The molecule has 136 valence electrons. The van der Waals surface area contributed by atoms with Crippen molar-refractivity contribution in [2.24, 2.45) is 5.92 Å². The minimum absolute atomic E-state index is 0.0851. The number of carbonyl (C=O) groups excluding carboxylic acids is 1. The second-order valence-electron chi connectivity index (χ2n) is 6.83. The molecule has 0 spiro atoms. The lowest BCUT2D eigenvalue weighted by molar-refractivity contribution is 0.102. The minimum Gasteiger partial charge on any atom is -0.363 e. The number of rotatable bonds is 3. The molecular formula is C18H20FN5OS. The largest absolute Gasteiger partial charge is 0.363 e. The van der Waals surface area contributed by atoms with Crippen LogP contribution in [0.2, 0.25) is 0 Å².